The van der Waals surface area contributed by atoms with Crippen molar-refractivity contribution in [3.63, 3.8) is 0 Å². The van der Waals surface area contributed by atoms with Crippen molar-refractivity contribution >= 4 is 5.97 Å². The largest absolute Gasteiger partial charge is 0.486 e. The Kier molecular flexibility index (Phi) is 6.83. The summed E-state index contributed by atoms with van der Waals surface area (Å²) in [6, 6.07) is 5.66. The zero-order chi connectivity index (χ0) is 20.8. The van der Waals surface area contributed by atoms with Gasteiger partial charge in [-0.2, -0.15) is 5.10 Å². The summed E-state index contributed by atoms with van der Waals surface area (Å²) in [5.74, 6) is 1.03. The van der Waals surface area contributed by atoms with Crippen molar-refractivity contribution in [3.05, 3.63) is 35.7 Å². The van der Waals surface area contributed by atoms with Crippen molar-refractivity contribution in [1.82, 2.24) is 20.0 Å². The molecular formula is C21H28N4O5. The number of hydrogen-bond donors (Lipinski definition) is 1. The Morgan fingerprint density at radius 1 is 1.17 bits per heavy atom. The third-order valence-corrected chi connectivity index (χ3v) is 5.14. The van der Waals surface area contributed by atoms with E-state index in [1.807, 2.05) is 18.2 Å². The number of morpholine rings is 1. The molecule has 0 unspecified atom stereocenters. The van der Waals surface area contributed by atoms with Gasteiger partial charge in [0.2, 0.25) is 0 Å². The number of nitrogens with zero attached hydrogens (tertiary/aromatic N) is 3. The van der Waals surface area contributed by atoms with Crippen molar-refractivity contribution < 1.29 is 23.7 Å². The van der Waals surface area contributed by atoms with E-state index in [0.717, 1.165) is 50.8 Å². The number of carbonyl (C=O) groups excluding carboxylic acids is 1. The van der Waals surface area contributed by atoms with Crippen LogP contribution in [0.2, 0.25) is 0 Å². The van der Waals surface area contributed by atoms with Gasteiger partial charge in [-0.15, -0.1) is 0 Å². The van der Waals surface area contributed by atoms with Crippen LogP contribution >= 0.6 is 0 Å². The molecule has 1 N–H and O–H groups in total. The van der Waals surface area contributed by atoms with Crippen LogP contribution in [0.15, 0.2) is 24.4 Å². The average molecular weight is 416 g/mol. The van der Waals surface area contributed by atoms with Gasteiger partial charge >= 0.3 is 5.97 Å². The molecule has 0 spiro atoms. The van der Waals surface area contributed by atoms with Gasteiger partial charge in [-0.05, 0) is 19.1 Å². The summed E-state index contributed by atoms with van der Waals surface area (Å²) in [4.78, 5) is 14.8. The van der Waals surface area contributed by atoms with E-state index in [0.29, 0.717) is 43.4 Å². The van der Waals surface area contributed by atoms with E-state index in [9.17, 15) is 4.79 Å². The molecule has 1 saturated heterocycles. The van der Waals surface area contributed by atoms with Crippen molar-refractivity contribution in [1.29, 1.82) is 0 Å². The Bertz CT molecular complexity index is 863. The van der Waals surface area contributed by atoms with E-state index in [-0.39, 0.29) is 5.97 Å². The Morgan fingerprint density at radius 2 is 1.97 bits per heavy atom. The molecule has 0 aliphatic carbocycles. The Labute approximate surface area is 175 Å². The average Bonchev–Trinajstić information content (AvgIpc) is 3.21. The summed E-state index contributed by atoms with van der Waals surface area (Å²) < 4.78 is 23.7. The molecule has 9 nitrogen and oxygen atoms in total. The fraction of sp³-hybridized carbons (Fsp3) is 0.524. The van der Waals surface area contributed by atoms with Crippen molar-refractivity contribution in [2.24, 2.45) is 0 Å². The highest BCUT2D eigenvalue weighted by Gasteiger charge is 2.21. The molecule has 0 bridgehead atoms. The topological polar surface area (TPSA) is 87.1 Å². The normalized spacial score (nSPS) is 16.4. The lowest BCUT2D eigenvalue weighted by Crippen LogP contribution is -2.40. The summed E-state index contributed by atoms with van der Waals surface area (Å²) in [7, 11) is 0. The van der Waals surface area contributed by atoms with Gasteiger partial charge in [-0.3, -0.25) is 4.90 Å². The lowest BCUT2D eigenvalue weighted by molar-refractivity contribution is 0.0383. The number of hydrogen-bond acceptors (Lipinski definition) is 8. The lowest BCUT2D eigenvalue weighted by atomic mass is 10.2. The molecule has 30 heavy (non-hydrogen) atoms. The number of nitrogens with one attached hydrogen (secondary N) is 1. The number of ether oxygens (including phenoxy) is 4. The summed E-state index contributed by atoms with van der Waals surface area (Å²) in [5.41, 5.74) is 2.03. The quantitative estimate of drug-likeness (QED) is 0.508. The molecule has 2 aliphatic heterocycles. The van der Waals surface area contributed by atoms with Gasteiger partial charge < -0.3 is 24.3 Å². The van der Waals surface area contributed by atoms with Crippen LogP contribution in [0.5, 0.6) is 11.5 Å². The van der Waals surface area contributed by atoms with E-state index >= 15 is 0 Å². The predicted molar refractivity (Wildman–Crippen MR) is 109 cm³/mol. The SMILES string of the molecule is CCOC(=O)c1cnn(-c2ccc3c(c2)OCCO3)c1CNCCN1CCOCC1. The van der Waals surface area contributed by atoms with E-state index < -0.39 is 0 Å². The highest BCUT2D eigenvalue weighted by atomic mass is 16.6. The minimum Gasteiger partial charge on any atom is -0.486 e. The van der Waals surface area contributed by atoms with E-state index in [1.54, 1.807) is 17.8 Å². The van der Waals surface area contributed by atoms with Gasteiger partial charge in [-0.1, -0.05) is 0 Å². The molecule has 0 radical (unpaired) electrons. The molecule has 1 aromatic heterocycles. The molecule has 9 heteroatoms. The van der Waals surface area contributed by atoms with Crippen LogP contribution in [-0.2, 0) is 16.0 Å². The number of benzene rings is 1. The summed E-state index contributed by atoms with van der Waals surface area (Å²) in [6.45, 7) is 8.85. The van der Waals surface area contributed by atoms with Crippen LogP contribution in [0.3, 0.4) is 0 Å². The van der Waals surface area contributed by atoms with Gasteiger partial charge in [-0.25, -0.2) is 9.48 Å². The first-order valence-electron chi connectivity index (χ1n) is 10.4. The molecule has 2 aromatic rings. The van der Waals surface area contributed by atoms with E-state index in [1.165, 1.54) is 0 Å². The maximum atomic E-state index is 12.5. The highest BCUT2D eigenvalue weighted by molar-refractivity contribution is 5.90. The van der Waals surface area contributed by atoms with Gasteiger partial charge in [0.25, 0.3) is 0 Å². The Balaban J connectivity index is 1.50. The molecule has 0 amide bonds. The maximum Gasteiger partial charge on any atom is 0.341 e. The third-order valence-electron chi connectivity index (χ3n) is 5.14. The number of carbonyl (C=O) groups is 1. The summed E-state index contributed by atoms with van der Waals surface area (Å²) >= 11 is 0. The van der Waals surface area contributed by atoms with Crippen LogP contribution in [0.4, 0.5) is 0 Å². The van der Waals surface area contributed by atoms with Gasteiger partial charge in [0.1, 0.15) is 18.8 Å². The van der Waals surface area contributed by atoms with Gasteiger partial charge in [0.05, 0.1) is 37.4 Å². The summed E-state index contributed by atoms with van der Waals surface area (Å²) in [6.07, 6.45) is 1.56. The fourth-order valence-electron chi connectivity index (χ4n) is 3.58. The standard InChI is InChI=1S/C21H28N4O5/c1-2-28-21(26)17-14-23-25(16-3-4-19-20(13-16)30-12-11-29-19)18(17)15-22-5-6-24-7-9-27-10-8-24/h3-4,13-14,22H,2,5-12,15H2,1H3. The zero-order valence-corrected chi connectivity index (χ0v) is 17.3. The fourth-order valence-corrected chi connectivity index (χ4v) is 3.58. The molecule has 0 saturated carbocycles. The molecule has 162 valence electrons. The maximum absolute atomic E-state index is 12.5. The highest BCUT2D eigenvalue weighted by Crippen LogP contribution is 2.32. The second kappa shape index (κ2) is 9.92. The number of rotatable bonds is 8. The van der Waals surface area contributed by atoms with Crippen molar-refractivity contribution in [2.45, 2.75) is 13.5 Å². The monoisotopic (exact) mass is 416 g/mol. The molecular weight excluding hydrogens is 388 g/mol. The Morgan fingerprint density at radius 3 is 2.77 bits per heavy atom. The van der Waals surface area contributed by atoms with Crippen molar-refractivity contribution in [3.8, 4) is 17.2 Å². The number of fused-ring (bicyclic) bond motifs is 1. The molecule has 4 rings (SSSR count). The van der Waals surface area contributed by atoms with Crippen LogP contribution in [0.1, 0.15) is 23.0 Å². The molecule has 3 heterocycles. The first-order valence-corrected chi connectivity index (χ1v) is 10.4. The Hall–Kier alpha value is -2.62. The molecule has 1 fully saturated rings. The molecule has 1 aromatic carbocycles. The van der Waals surface area contributed by atoms with Crippen LogP contribution in [0, 0.1) is 0 Å². The number of esters is 1. The van der Waals surface area contributed by atoms with Crippen LogP contribution in [0.25, 0.3) is 5.69 Å². The predicted octanol–water partition coefficient (Wildman–Crippen LogP) is 1.24. The lowest BCUT2D eigenvalue weighted by Gasteiger charge is -2.26. The van der Waals surface area contributed by atoms with E-state index in [4.69, 9.17) is 18.9 Å². The second-order valence-electron chi connectivity index (χ2n) is 7.10. The van der Waals surface area contributed by atoms with Crippen molar-refractivity contribution in [2.75, 3.05) is 59.2 Å². The molecule has 0 atom stereocenters. The first kappa shape index (κ1) is 20.6. The summed E-state index contributed by atoms with van der Waals surface area (Å²) in [5, 5.41) is 7.90. The van der Waals surface area contributed by atoms with Gasteiger partial charge in [0.15, 0.2) is 11.5 Å². The van der Waals surface area contributed by atoms with Crippen LogP contribution in [-0.4, -0.2) is 79.9 Å². The number of aromatic nitrogens is 2. The van der Waals surface area contributed by atoms with Crippen LogP contribution < -0.4 is 14.8 Å². The minimum atomic E-state index is -0.369. The third kappa shape index (κ3) is 4.75. The smallest absolute Gasteiger partial charge is 0.341 e. The first-order chi connectivity index (χ1) is 14.8. The second-order valence-corrected chi connectivity index (χ2v) is 7.10. The molecule has 2 aliphatic rings. The van der Waals surface area contributed by atoms with Gasteiger partial charge in [0, 0.05) is 38.8 Å². The minimum absolute atomic E-state index is 0.317. The van der Waals surface area contributed by atoms with E-state index in [2.05, 4.69) is 15.3 Å². The zero-order valence-electron chi connectivity index (χ0n) is 17.3.